The molecule has 0 spiro atoms. The Morgan fingerprint density at radius 3 is 2.35 bits per heavy atom. The molecule has 6 heteroatoms. The first-order valence-electron chi connectivity index (χ1n) is 7.50. The van der Waals surface area contributed by atoms with Gasteiger partial charge in [0.15, 0.2) is 0 Å². The normalized spacial score (nSPS) is 14.8. The van der Waals surface area contributed by atoms with E-state index in [2.05, 4.69) is 0 Å². The molecule has 23 heavy (non-hydrogen) atoms. The number of carbonyl (C=O) groups is 2. The van der Waals surface area contributed by atoms with Gasteiger partial charge >= 0.3 is 0 Å². The van der Waals surface area contributed by atoms with Crippen LogP contribution in [0.5, 0.6) is 5.75 Å². The van der Waals surface area contributed by atoms with Crippen LogP contribution >= 0.6 is 11.8 Å². The first kappa shape index (κ1) is 17.6. The molecule has 2 rings (SSSR count). The lowest BCUT2D eigenvalue weighted by atomic mass is 10.1. The predicted molar refractivity (Wildman–Crippen MR) is 91.3 cm³/mol. The van der Waals surface area contributed by atoms with Gasteiger partial charge < -0.3 is 9.47 Å². The lowest BCUT2D eigenvalue weighted by Crippen LogP contribution is -2.33. The van der Waals surface area contributed by atoms with Crippen molar-refractivity contribution in [3.8, 4) is 5.75 Å². The average molecular weight is 335 g/mol. The van der Waals surface area contributed by atoms with Gasteiger partial charge in [0.2, 0.25) is 0 Å². The maximum absolute atomic E-state index is 12.7. The molecule has 0 N–H and O–H groups in total. The highest BCUT2D eigenvalue weighted by Gasteiger charge is 2.38. The van der Waals surface area contributed by atoms with Crippen molar-refractivity contribution in [1.82, 2.24) is 4.90 Å². The van der Waals surface area contributed by atoms with Gasteiger partial charge in [-0.1, -0.05) is 19.1 Å². The van der Waals surface area contributed by atoms with Crippen LogP contribution in [0.4, 0.5) is 0 Å². The first-order valence-corrected chi connectivity index (χ1v) is 8.49. The molecular formula is C17H21NO4S. The molecule has 1 aromatic rings. The molecule has 0 unspecified atom stereocenters. The summed E-state index contributed by atoms with van der Waals surface area (Å²) in [6.45, 7) is 2.86. The summed E-state index contributed by atoms with van der Waals surface area (Å²) < 4.78 is 10.1. The monoisotopic (exact) mass is 335 g/mol. The third-order valence-corrected chi connectivity index (χ3v) is 4.48. The summed E-state index contributed by atoms with van der Waals surface area (Å²) in [5.74, 6) is 1.02. The number of nitrogens with zero attached hydrogens (tertiary/aromatic N) is 1. The topological polar surface area (TPSA) is 55.8 Å². The van der Waals surface area contributed by atoms with E-state index in [4.69, 9.17) is 9.47 Å². The van der Waals surface area contributed by atoms with Crippen molar-refractivity contribution >= 4 is 29.1 Å². The molecular weight excluding hydrogens is 314 g/mol. The number of benzene rings is 1. The van der Waals surface area contributed by atoms with Crippen molar-refractivity contribution in [3.05, 3.63) is 34.7 Å². The Kier molecular flexibility index (Phi) is 6.24. The molecule has 2 amide bonds. The second-order valence-electron chi connectivity index (χ2n) is 4.97. The standard InChI is InChI=1S/C17H21NO4S/c1-4-23-15-14(12-6-8-13(22-3)9-7-12)16(19)18(17(15)20)10-5-11-21-2/h6-9H,4-5,10-11H2,1-3H3. The fourth-order valence-electron chi connectivity index (χ4n) is 2.41. The van der Waals surface area contributed by atoms with E-state index in [-0.39, 0.29) is 11.8 Å². The van der Waals surface area contributed by atoms with Crippen LogP contribution < -0.4 is 4.74 Å². The Bertz CT molecular complexity index is 610. The minimum Gasteiger partial charge on any atom is -0.497 e. The maximum atomic E-state index is 12.7. The predicted octanol–water partition coefficient (Wildman–Crippen LogP) is 2.56. The first-order chi connectivity index (χ1) is 11.1. The lowest BCUT2D eigenvalue weighted by Gasteiger charge is -2.14. The van der Waals surface area contributed by atoms with E-state index in [0.29, 0.717) is 35.8 Å². The number of carbonyl (C=O) groups excluding carboxylic acids is 2. The molecule has 0 atom stereocenters. The molecule has 0 saturated carbocycles. The number of methoxy groups -OCH3 is 2. The Labute approximate surface area is 140 Å². The fraction of sp³-hybridized carbons (Fsp3) is 0.412. The third kappa shape index (κ3) is 3.76. The molecule has 0 fully saturated rings. The van der Waals surface area contributed by atoms with Crippen molar-refractivity contribution in [3.63, 3.8) is 0 Å². The summed E-state index contributed by atoms with van der Waals surface area (Å²) in [5, 5.41) is 0. The largest absolute Gasteiger partial charge is 0.497 e. The molecule has 0 saturated heterocycles. The Balaban J connectivity index is 2.31. The summed E-state index contributed by atoms with van der Waals surface area (Å²) in [5.41, 5.74) is 1.23. The summed E-state index contributed by atoms with van der Waals surface area (Å²) in [7, 11) is 3.20. The minimum absolute atomic E-state index is 0.205. The van der Waals surface area contributed by atoms with E-state index in [9.17, 15) is 9.59 Å². The van der Waals surface area contributed by atoms with Crippen molar-refractivity contribution in [2.24, 2.45) is 0 Å². The average Bonchev–Trinajstić information content (AvgIpc) is 2.80. The zero-order chi connectivity index (χ0) is 16.8. The third-order valence-electron chi connectivity index (χ3n) is 3.52. The van der Waals surface area contributed by atoms with Crippen LogP contribution in [0.3, 0.4) is 0 Å². The second-order valence-corrected chi connectivity index (χ2v) is 6.25. The number of imide groups is 1. The molecule has 0 radical (unpaired) electrons. The van der Waals surface area contributed by atoms with Gasteiger partial charge in [-0.2, -0.15) is 0 Å². The van der Waals surface area contributed by atoms with Crippen LogP contribution in [0.25, 0.3) is 5.57 Å². The van der Waals surface area contributed by atoms with Gasteiger partial charge in [-0.05, 0) is 29.9 Å². The molecule has 1 aliphatic rings. The van der Waals surface area contributed by atoms with Crippen LogP contribution in [0.2, 0.25) is 0 Å². The molecule has 1 heterocycles. The summed E-state index contributed by atoms with van der Waals surface area (Å²) >= 11 is 1.41. The number of amides is 2. The van der Waals surface area contributed by atoms with E-state index in [1.165, 1.54) is 16.7 Å². The van der Waals surface area contributed by atoms with Crippen LogP contribution in [0.15, 0.2) is 29.2 Å². The molecule has 5 nitrogen and oxygen atoms in total. The van der Waals surface area contributed by atoms with Gasteiger partial charge in [-0.25, -0.2) is 0 Å². The molecule has 124 valence electrons. The summed E-state index contributed by atoms with van der Waals surface area (Å²) in [6.07, 6.45) is 0.633. The van der Waals surface area contributed by atoms with Crippen LogP contribution in [0.1, 0.15) is 18.9 Å². The zero-order valence-electron chi connectivity index (χ0n) is 13.6. The van der Waals surface area contributed by atoms with Crippen LogP contribution in [-0.4, -0.2) is 49.8 Å². The molecule has 1 aromatic carbocycles. The number of ether oxygens (including phenoxy) is 2. The summed E-state index contributed by atoms with van der Waals surface area (Å²) in [4.78, 5) is 27.1. The molecule has 0 aromatic heterocycles. The Hall–Kier alpha value is -1.79. The molecule has 0 aliphatic carbocycles. The van der Waals surface area contributed by atoms with Crippen molar-refractivity contribution in [2.75, 3.05) is 33.1 Å². The van der Waals surface area contributed by atoms with Gasteiger partial charge in [0, 0.05) is 20.3 Å². The SMILES string of the molecule is CCSC1=C(c2ccc(OC)cc2)C(=O)N(CCCOC)C1=O. The Morgan fingerprint density at radius 2 is 1.78 bits per heavy atom. The van der Waals surface area contributed by atoms with E-state index in [0.717, 1.165) is 11.3 Å². The second kappa shape index (κ2) is 8.17. The van der Waals surface area contributed by atoms with E-state index in [1.807, 2.05) is 19.1 Å². The number of thioether (sulfide) groups is 1. The van der Waals surface area contributed by atoms with Crippen LogP contribution in [-0.2, 0) is 14.3 Å². The van der Waals surface area contributed by atoms with Crippen molar-refractivity contribution < 1.29 is 19.1 Å². The number of hydrogen-bond donors (Lipinski definition) is 0. The highest BCUT2D eigenvalue weighted by molar-refractivity contribution is 8.04. The van der Waals surface area contributed by atoms with Gasteiger partial charge in [-0.3, -0.25) is 14.5 Å². The smallest absolute Gasteiger partial charge is 0.267 e. The lowest BCUT2D eigenvalue weighted by molar-refractivity contribution is -0.136. The van der Waals surface area contributed by atoms with Gasteiger partial charge in [0.1, 0.15) is 5.75 Å². The number of hydrogen-bond acceptors (Lipinski definition) is 5. The quantitative estimate of drug-likeness (QED) is 0.540. The summed E-state index contributed by atoms with van der Waals surface area (Å²) in [6, 6.07) is 7.21. The maximum Gasteiger partial charge on any atom is 0.267 e. The van der Waals surface area contributed by atoms with Gasteiger partial charge in [-0.15, -0.1) is 11.8 Å². The highest BCUT2D eigenvalue weighted by atomic mass is 32.2. The molecule has 0 bridgehead atoms. The van der Waals surface area contributed by atoms with E-state index in [1.54, 1.807) is 26.4 Å². The van der Waals surface area contributed by atoms with Crippen molar-refractivity contribution in [2.45, 2.75) is 13.3 Å². The van der Waals surface area contributed by atoms with Gasteiger partial charge in [0.25, 0.3) is 11.8 Å². The van der Waals surface area contributed by atoms with E-state index < -0.39 is 0 Å². The zero-order valence-corrected chi connectivity index (χ0v) is 14.4. The Morgan fingerprint density at radius 1 is 1.09 bits per heavy atom. The highest BCUT2D eigenvalue weighted by Crippen LogP contribution is 2.36. The van der Waals surface area contributed by atoms with E-state index >= 15 is 0 Å². The van der Waals surface area contributed by atoms with Crippen LogP contribution in [0, 0.1) is 0 Å². The van der Waals surface area contributed by atoms with Gasteiger partial charge in [0.05, 0.1) is 17.6 Å². The number of rotatable bonds is 8. The molecule has 1 aliphatic heterocycles. The fourth-order valence-corrected chi connectivity index (χ4v) is 3.29. The van der Waals surface area contributed by atoms with Crippen molar-refractivity contribution in [1.29, 1.82) is 0 Å². The minimum atomic E-state index is -0.229.